The molecule has 1 amide bonds. The zero-order valence-electron chi connectivity index (χ0n) is 14.7. The maximum atomic E-state index is 13.7. The highest BCUT2D eigenvalue weighted by molar-refractivity contribution is 7.90. The first-order valence-electron chi connectivity index (χ1n) is 8.13. The summed E-state index contributed by atoms with van der Waals surface area (Å²) in [7, 11) is -3.91. The van der Waals surface area contributed by atoms with Gasteiger partial charge in [-0.05, 0) is 24.6 Å². The number of halogens is 2. The molecule has 2 aromatic carbocycles. The molecule has 9 heteroatoms. The minimum absolute atomic E-state index is 0.0776. The number of nitrogens with zero attached hydrogens (tertiary/aromatic N) is 2. The molecule has 3 rings (SSSR count). The van der Waals surface area contributed by atoms with Crippen molar-refractivity contribution in [3.8, 4) is 0 Å². The summed E-state index contributed by atoms with van der Waals surface area (Å²) in [5.41, 5.74) is 1.12. The van der Waals surface area contributed by atoms with Gasteiger partial charge < -0.3 is 5.32 Å². The largest absolute Gasteiger partial charge is 0.318 e. The van der Waals surface area contributed by atoms with Crippen molar-refractivity contribution >= 4 is 33.0 Å². The summed E-state index contributed by atoms with van der Waals surface area (Å²) in [6.07, 6.45) is 1.03. The smallest absolute Gasteiger partial charge is 0.276 e. The zero-order chi connectivity index (χ0) is 20.3. The first-order chi connectivity index (χ1) is 13.3. The molecule has 0 unspecified atom stereocenters. The fourth-order valence-electron chi connectivity index (χ4n) is 2.37. The second-order valence-corrected chi connectivity index (χ2v) is 8.32. The number of carbonyl (C=O) groups is 1. The van der Waals surface area contributed by atoms with E-state index < -0.39 is 26.7 Å². The molecule has 144 valence electrons. The van der Waals surface area contributed by atoms with Crippen LogP contribution in [0.4, 0.5) is 10.1 Å². The van der Waals surface area contributed by atoms with Gasteiger partial charge in [0.15, 0.2) is 5.69 Å². The summed E-state index contributed by atoms with van der Waals surface area (Å²) < 4.78 is 39.0. The van der Waals surface area contributed by atoms with E-state index in [4.69, 9.17) is 11.6 Å². The highest BCUT2D eigenvalue weighted by Crippen LogP contribution is 2.20. The molecule has 0 aliphatic rings. The summed E-state index contributed by atoms with van der Waals surface area (Å²) in [5, 5.41) is 1.64. The molecule has 0 fully saturated rings. The summed E-state index contributed by atoms with van der Waals surface area (Å²) in [5.74, 6) is -1.82. The fourth-order valence-corrected chi connectivity index (χ4v) is 3.75. The number of para-hydroxylation sites is 1. The van der Waals surface area contributed by atoms with Gasteiger partial charge >= 0.3 is 0 Å². The Morgan fingerprint density at radius 3 is 2.50 bits per heavy atom. The summed E-state index contributed by atoms with van der Waals surface area (Å²) >= 11 is 5.95. The number of benzene rings is 2. The maximum absolute atomic E-state index is 13.7. The number of nitrogens with one attached hydrogen (secondary N) is 1. The molecule has 3 aromatic rings. The molecule has 0 aliphatic heterocycles. The number of amides is 1. The average molecular weight is 420 g/mol. The predicted molar refractivity (Wildman–Crippen MR) is 103 cm³/mol. The number of anilines is 1. The van der Waals surface area contributed by atoms with Crippen LogP contribution in [0.2, 0.25) is 5.02 Å². The Morgan fingerprint density at radius 2 is 1.82 bits per heavy atom. The molecule has 0 bridgehead atoms. The molecular formula is C19H15ClFN3O3S. The maximum Gasteiger partial charge on any atom is 0.276 e. The second-order valence-electron chi connectivity index (χ2n) is 6.03. The van der Waals surface area contributed by atoms with E-state index in [2.05, 4.69) is 15.3 Å². The van der Waals surface area contributed by atoms with Crippen LogP contribution < -0.4 is 5.32 Å². The second kappa shape index (κ2) is 8.04. The van der Waals surface area contributed by atoms with E-state index >= 15 is 0 Å². The third kappa shape index (κ3) is 4.52. The van der Waals surface area contributed by atoms with Crippen molar-refractivity contribution < 1.29 is 17.6 Å². The van der Waals surface area contributed by atoms with Crippen molar-refractivity contribution in [1.82, 2.24) is 9.97 Å². The van der Waals surface area contributed by atoms with Gasteiger partial charge in [0, 0.05) is 0 Å². The van der Waals surface area contributed by atoms with Gasteiger partial charge in [-0.3, -0.25) is 4.79 Å². The van der Waals surface area contributed by atoms with Gasteiger partial charge in [-0.2, -0.15) is 0 Å². The van der Waals surface area contributed by atoms with E-state index in [9.17, 15) is 17.6 Å². The normalized spacial score (nSPS) is 11.2. The minimum Gasteiger partial charge on any atom is -0.318 e. The van der Waals surface area contributed by atoms with Crippen LogP contribution in [0.25, 0.3) is 0 Å². The highest BCUT2D eigenvalue weighted by Gasteiger charge is 2.23. The van der Waals surface area contributed by atoms with Gasteiger partial charge in [-0.25, -0.2) is 22.8 Å². The lowest BCUT2D eigenvalue weighted by Crippen LogP contribution is -2.18. The van der Waals surface area contributed by atoms with E-state index in [1.165, 1.54) is 24.3 Å². The SMILES string of the molecule is Cc1ccc(CS(=O)(=O)c2ncc(Cl)c(C(=O)Nc3ccccc3F)n2)cc1. The van der Waals surface area contributed by atoms with Gasteiger partial charge in [0.1, 0.15) is 5.82 Å². The Hall–Kier alpha value is -2.84. The molecule has 0 spiro atoms. The van der Waals surface area contributed by atoms with Gasteiger partial charge in [-0.15, -0.1) is 0 Å². The number of hydrogen-bond acceptors (Lipinski definition) is 5. The van der Waals surface area contributed by atoms with E-state index in [1.54, 1.807) is 24.3 Å². The van der Waals surface area contributed by atoms with Crippen LogP contribution in [0.3, 0.4) is 0 Å². The summed E-state index contributed by atoms with van der Waals surface area (Å²) in [4.78, 5) is 20.0. The van der Waals surface area contributed by atoms with Crippen LogP contribution in [0.1, 0.15) is 21.6 Å². The fraction of sp³-hybridized carbons (Fsp3) is 0.105. The Labute approximate surface area is 166 Å². The van der Waals surface area contributed by atoms with Crippen LogP contribution in [0.5, 0.6) is 0 Å². The highest BCUT2D eigenvalue weighted by atomic mass is 35.5. The molecule has 0 radical (unpaired) electrons. The van der Waals surface area contributed by atoms with Crippen molar-refractivity contribution in [2.45, 2.75) is 17.8 Å². The number of carbonyl (C=O) groups excluding carboxylic acids is 1. The Bertz CT molecular complexity index is 1140. The lowest BCUT2D eigenvalue weighted by Gasteiger charge is -2.09. The standard InChI is InChI=1S/C19H15ClFN3O3S/c1-12-6-8-13(9-7-12)11-28(26,27)19-22-10-14(20)17(24-19)18(25)23-16-5-3-2-4-15(16)21/h2-10H,11H2,1H3,(H,23,25). The topological polar surface area (TPSA) is 89.0 Å². The number of sulfone groups is 1. The molecule has 28 heavy (non-hydrogen) atoms. The molecule has 1 aromatic heterocycles. The van der Waals surface area contributed by atoms with Crippen molar-refractivity contribution in [3.05, 3.63) is 82.4 Å². The molecule has 0 atom stereocenters. The average Bonchev–Trinajstić information content (AvgIpc) is 2.65. The van der Waals surface area contributed by atoms with Crippen LogP contribution in [-0.2, 0) is 15.6 Å². The Kier molecular flexibility index (Phi) is 5.71. The first kappa shape index (κ1) is 19.9. The van der Waals surface area contributed by atoms with Gasteiger partial charge in [0.2, 0.25) is 15.0 Å². The van der Waals surface area contributed by atoms with E-state index in [1.807, 2.05) is 6.92 Å². The Morgan fingerprint density at radius 1 is 1.14 bits per heavy atom. The predicted octanol–water partition coefficient (Wildman–Crippen LogP) is 3.80. The molecule has 6 nitrogen and oxygen atoms in total. The molecule has 0 aliphatic carbocycles. The summed E-state index contributed by atoms with van der Waals surface area (Å²) in [6.45, 7) is 1.89. The summed E-state index contributed by atoms with van der Waals surface area (Å²) in [6, 6.07) is 12.5. The molecular weight excluding hydrogens is 405 g/mol. The quantitative estimate of drug-likeness (QED) is 0.635. The monoisotopic (exact) mass is 419 g/mol. The van der Waals surface area contributed by atoms with E-state index in [0.29, 0.717) is 5.56 Å². The number of hydrogen-bond donors (Lipinski definition) is 1. The molecule has 0 saturated heterocycles. The van der Waals surface area contributed by atoms with Crippen LogP contribution in [0, 0.1) is 12.7 Å². The Balaban J connectivity index is 1.89. The molecule has 0 saturated carbocycles. The van der Waals surface area contributed by atoms with Crippen molar-refractivity contribution in [2.24, 2.45) is 0 Å². The zero-order valence-corrected chi connectivity index (χ0v) is 16.3. The van der Waals surface area contributed by atoms with Crippen molar-refractivity contribution in [2.75, 3.05) is 5.32 Å². The number of rotatable bonds is 5. The van der Waals surface area contributed by atoms with Gasteiger partial charge in [-0.1, -0.05) is 53.6 Å². The van der Waals surface area contributed by atoms with Gasteiger partial charge in [0.25, 0.3) is 5.91 Å². The van der Waals surface area contributed by atoms with Crippen LogP contribution in [-0.4, -0.2) is 24.3 Å². The lowest BCUT2D eigenvalue weighted by atomic mass is 10.2. The first-order valence-corrected chi connectivity index (χ1v) is 10.2. The van der Waals surface area contributed by atoms with E-state index in [0.717, 1.165) is 11.8 Å². The minimum atomic E-state index is -3.91. The van der Waals surface area contributed by atoms with Crippen LogP contribution >= 0.6 is 11.6 Å². The lowest BCUT2D eigenvalue weighted by molar-refractivity contribution is 0.102. The third-order valence-electron chi connectivity index (χ3n) is 3.81. The molecule has 1 N–H and O–H groups in total. The number of aryl methyl sites for hydroxylation is 1. The van der Waals surface area contributed by atoms with Crippen LogP contribution in [0.15, 0.2) is 59.9 Å². The third-order valence-corrected chi connectivity index (χ3v) is 5.56. The van der Waals surface area contributed by atoms with Gasteiger partial charge in [0.05, 0.1) is 22.7 Å². The van der Waals surface area contributed by atoms with Crippen molar-refractivity contribution in [1.29, 1.82) is 0 Å². The molecule has 1 heterocycles. The number of aromatic nitrogens is 2. The van der Waals surface area contributed by atoms with E-state index in [-0.39, 0.29) is 22.2 Å². The van der Waals surface area contributed by atoms with Crippen molar-refractivity contribution in [3.63, 3.8) is 0 Å².